The molecule has 0 amide bonds. The highest BCUT2D eigenvalue weighted by atomic mass is 32.2. The van der Waals surface area contributed by atoms with Crippen LogP contribution in [-0.4, -0.2) is 72.5 Å². The monoisotopic (exact) mass is 527 g/mol. The highest BCUT2D eigenvalue weighted by molar-refractivity contribution is 7.91. The van der Waals surface area contributed by atoms with E-state index >= 15 is 0 Å². The van der Waals surface area contributed by atoms with E-state index in [2.05, 4.69) is 9.74 Å². The number of sulfonamides is 1. The molecule has 0 bridgehead atoms. The maximum absolute atomic E-state index is 13.5. The Morgan fingerprint density at radius 1 is 1.00 bits per heavy atom. The van der Waals surface area contributed by atoms with Gasteiger partial charge in [0.2, 0.25) is 10.0 Å². The van der Waals surface area contributed by atoms with Gasteiger partial charge in [-0.3, -0.25) is 0 Å². The van der Waals surface area contributed by atoms with Gasteiger partial charge in [-0.15, -0.1) is 0 Å². The van der Waals surface area contributed by atoms with Gasteiger partial charge in [0.05, 0.1) is 13.2 Å². The molecule has 194 valence electrons. The molecule has 2 aromatic rings. The zero-order chi connectivity index (χ0) is 25.6. The minimum absolute atomic E-state index is 0.0194. The second-order valence-electron chi connectivity index (χ2n) is 8.59. The van der Waals surface area contributed by atoms with Crippen molar-refractivity contribution in [1.29, 1.82) is 0 Å². The molecule has 0 aliphatic carbocycles. The van der Waals surface area contributed by atoms with Gasteiger partial charge in [-0.05, 0) is 69.7 Å². The lowest BCUT2D eigenvalue weighted by Gasteiger charge is -2.34. The van der Waals surface area contributed by atoms with E-state index in [0.29, 0.717) is 43.8 Å². The molecule has 0 aromatic heterocycles. The first kappa shape index (κ1) is 27.4. The summed E-state index contributed by atoms with van der Waals surface area (Å²) in [6.07, 6.45) is 1.89. The van der Waals surface area contributed by atoms with Crippen molar-refractivity contribution in [1.82, 2.24) is 9.21 Å². The predicted octanol–water partition coefficient (Wildman–Crippen LogP) is 2.14. The van der Waals surface area contributed by atoms with Crippen molar-refractivity contribution >= 4 is 20.1 Å². The minimum atomic E-state index is -4.47. The first-order valence-corrected chi connectivity index (χ1v) is 14.2. The Morgan fingerprint density at radius 3 is 2.29 bits per heavy atom. The Bertz CT molecular complexity index is 1210. The van der Waals surface area contributed by atoms with Crippen molar-refractivity contribution in [3.63, 3.8) is 0 Å². The summed E-state index contributed by atoms with van der Waals surface area (Å²) in [7, 11) is -5.07. The largest absolute Gasteiger partial charge is 0.493 e. The summed E-state index contributed by atoms with van der Waals surface area (Å²) < 4.78 is 65.7. The van der Waals surface area contributed by atoms with Gasteiger partial charge in [0.15, 0.2) is 0 Å². The fraction of sp³-hybridized carbons (Fsp3) is 0.478. The van der Waals surface area contributed by atoms with Crippen LogP contribution in [0.15, 0.2) is 52.3 Å². The Labute approximate surface area is 207 Å². The lowest BCUT2D eigenvalue weighted by atomic mass is 10.1. The van der Waals surface area contributed by atoms with Crippen molar-refractivity contribution in [2.24, 2.45) is 5.90 Å². The third-order valence-corrected chi connectivity index (χ3v) is 9.29. The van der Waals surface area contributed by atoms with Crippen LogP contribution in [0.3, 0.4) is 0 Å². The number of aryl methyl sites for hydroxylation is 1. The molecular weight excluding hydrogens is 494 g/mol. The lowest BCUT2D eigenvalue weighted by Crippen LogP contribution is -2.44. The van der Waals surface area contributed by atoms with E-state index in [1.54, 1.807) is 13.0 Å². The molecule has 1 aliphatic heterocycles. The smallest absolute Gasteiger partial charge is 0.340 e. The van der Waals surface area contributed by atoms with Crippen molar-refractivity contribution in [2.75, 3.05) is 40.4 Å². The zero-order valence-electron chi connectivity index (χ0n) is 20.2. The van der Waals surface area contributed by atoms with E-state index in [9.17, 15) is 16.8 Å². The molecule has 0 radical (unpaired) electrons. The molecule has 1 heterocycles. The van der Waals surface area contributed by atoms with Crippen molar-refractivity contribution in [3.05, 3.63) is 48.0 Å². The average molecular weight is 528 g/mol. The Kier molecular flexibility index (Phi) is 9.13. The summed E-state index contributed by atoms with van der Waals surface area (Å²) in [5, 5.41) is 0. The summed E-state index contributed by atoms with van der Waals surface area (Å²) in [6, 6.07) is 10.00. The second-order valence-corrected chi connectivity index (χ2v) is 12.1. The topological polar surface area (TPSA) is 128 Å². The number of piperidine rings is 1. The van der Waals surface area contributed by atoms with Crippen molar-refractivity contribution in [2.45, 2.75) is 42.0 Å². The fourth-order valence-corrected chi connectivity index (χ4v) is 7.04. The maximum atomic E-state index is 13.5. The van der Waals surface area contributed by atoms with Gasteiger partial charge >= 0.3 is 10.1 Å². The molecule has 12 heteroatoms. The van der Waals surface area contributed by atoms with Gasteiger partial charge in [-0.25, -0.2) is 14.3 Å². The number of nitrogens with zero attached hydrogens (tertiary/aromatic N) is 2. The molecule has 0 spiro atoms. The van der Waals surface area contributed by atoms with Crippen LogP contribution < -0.4 is 14.8 Å². The molecule has 3 rings (SSSR count). The van der Waals surface area contributed by atoms with Gasteiger partial charge < -0.3 is 18.7 Å². The van der Waals surface area contributed by atoms with Crippen molar-refractivity contribution < 1.29 is 30.6 Å². The first-order chi connectivity index (χ1) is 16.5. The van der Waals surface area contributed by atoms with E-state index in [1.807, 2.05) is 7.05 Å². The van der Waals surface area contributed by atoms with E-state index in [-0.39, 0.29) is 16.7 Å². The van der Waals surface area contributed by atoms with Crippen LogP contribution in [0.4, 0.5) is 0 Å². The number of ether oxygens (including phenoxy) is 1. The summed E-state index contributed by atoms with van der Waals surface area (Å²) in [5.41, 5.74) is 0.714. The Hall–Kier alpha value is -2.22. The summed E-state index contributed by atoms with van der Waals surface area (Å²) in [6.45, 7) is 3.94. The van der Waals surface area contributed by atoms with E-state index in [0.717, 1.165) is 13.1 Å². The fourth-order valence-electron chi connectivity index (χ4n) is 3.93. The molecule has 0 unspecified atom stereocenters. The number of rotatable bonds is 11. The van der Waals surface area contributed by atoms with Gasteiger partial charge in [-0.2, -0.15) is 12.7 Å². The average Bonchev–Trinajstić information content (AvgIpc) is 2.81. The SMILES string of the molecule is Cc1cc(OCCCON)cc(OS(=O)(=O)c2ccccc2S(=O)(=O)N(C)C2CCN(C)CC2)c1. The van der Waals surface area contributed by atoms with Crippen LogP contribution >= 0.6 is 0 Å². The van der Waals surface area contributed by atoms with Crippen LogP contribution in [0.5, 0.6) is 11.5 Å². The molecule has 2 aromatic carbocycles. The molecule has 2 N–H and O–H groups in total. The van der Waals surface area contributed by atoms with Gasteiger partial charge in [0.1, 0.15) is 21.3 Å². The van der Waals surface area contributed by atoms with Crippen LogP contribution in [0.25, 0.3) is 0 Å². The number of likely N-dealkylation sites (tertiary alicyclic amines) is 1. The highest BCUT2D eigenvalue weighted by Crippen LogP contribution is 2.31. The maximum Gasteiger partial charge on any atom is 0.340 e. The van der Waals surface area contributed by atoms with Crippen molar-refractivity contribution in [3.8, 4) is 11.5 Å². The predicted molar refractivity (Wildman–Crippen MR) is 131 cm³/mol. The molecule has 1 fully saturated rings. The van der Waals surface area contributed by atoms with Crippen LogP contribution in [-0.2, 0) is 25.0 Å². The van der Waals surface area contributed by atoms with E-state index < -0.39 is 25.0 Å². The highest BCUT2D eigenvalue weighted by Gasteiger charge is 2.35. The minimum Gasteiger partial charge on any atom is -0.493 e. The normalized spacial score (nSPS) is 15.9. The van der Waals surface area contributed by atoms with Gasteiger partial charge in [-0.1, -0.05) is 12.1 Å². The number of hydrogen-bond acceptors (Lipinski definition) is 9. The lowest BCUT2D eigenvalue weighted by molar-refractivity contribution is 0.122. The number of nitrogens with two attached hydrogens (primary N) is 1. The third kappa shape index (κ3) is 6.93. The van der Waals surface area contributed by atoms with Crippen LogP contribution in [0, 0.1) is 6.92 Å². The van der Waals surface area contributed by atoms with E-state index in [4.69, 9.17) is 14.8 Å². The van der Waals surface area contributed by atoms with Crippen LogP contribution in [0.1, 0.15) is 24.8 Å². The number of hydrogen-bond donors (Lipinski definition) is 1. The quantitative estimate of drug-likeness (QED) is 0.265. The molecule has 0 saturated carbocycles. The molecule has 1 aliphatic rings. The summed E-state index contributed by atoms with van der Waals surface area (Å²) >= 11 is 0. The van der Waals surface area contributed by atoms with Gasteiger partial charge in [0, 0.05) is 25.6 Å². The van der Waals surface area contributed by atoms with E-state index in [1.165, 1.54) is 47.8 Å². The Morgan fingerprint density at radius 2 is 1.63 bits per heavy atom. The molecule has 0 atom stereocenters. The Balaban J connectivity index is 1.86. The third-order valence-electron chi connectivity index (χ3n) is 5.88. The molecule has 1 saturated heterocycles. The molecule has 10 nitrogen and oxygen atoms in total. The molecule has 35 heavy (non-hydrogen) atoms. The summed E-state index contributed by atoms with van der Waals surface area (Å²) in [5.74, 6) is 5.43. The standard InChI is InChI=1S/C23H33N3O7S2/c1-18-15-20(31-13-6-14-32-24)17-21(16-18)33-35(29,30)23-8-5-4-7-22(23)34(27,28)26(3)19-9-11-25(2)12-10-19/h4-5,7-8,15-17,19H,6,9-14,24H2,1-3H3. The zero-order valence-corrected chi connectivity index (χ0v) is 21.8. The van der Waals surface area contributed by atoms with Gasteiger partial charge in [0.25, 0.3) is 0 Å². The first-order valence-electron chi connectivity index (χ1n) is 11.3. The van der Waals surface area contributed by atoms with Crippen LogP contribution in [0.2, 0.25) is 0 Å². The summed E-state index contributed by atoms with van der Waals surface area (Å²) in [4.78, 5) is 5.91. The number of benzene rings is 2. The second kappa shape index (κ2) is 11.7. The molecular formula is C23H33N3O7S2.